The van der Waals surface area contributed by atoms with Gasteiger partial charge >= 0.3 is 0 Å². The van der Waals surface area contributed by atoms with E-state index in [0.717, 1.165) is 14.9 Å². The lowest BCUT2D eigenvalue weighted by Crippen LogP contribution is -2.04. The third-order valence-electron chi connectivity index (χ3n) is 2.36. The first kappa shape index (κ1) is 13.4. The highest BCUT2D eigenvalue weighted by molar-refractivity contribution is 9.10. The van der Waals surface area contributed by atoms with Crippen molar-refractivity contribution in [3.63, 3.8) is 0 Å². The van der Waals surface area contributed by atoms with Gasteiger partial charge in [0.1, 0.15) is 5.78 Å². The lowest BCUT2D eigenvalue weighted by molar-refractivity contribution is -0.116. The summed E-state index contributed by atoms with van der Waals surface area (Å²) in [7, 11) is 1.85. The Morgan fingerprint density at radius 2 is 2.33 bits per heavy atom. The van der Waals surface area contributed by atoms with E-state index in [1.807, 2.05) is 37.5 Å². The SMILES string of the molecule is Cn1cc(CC(=O)CSc2cccc(Br)c2)cn1. The minimum absolute atomic E-state index is 0.216. The van der Waals surface area contributed by atoms with Gasteiger partial charge in [0, 0.05) is 29.0 Å². The molecular weight excluding hydrogens is 312 g/mol. The fourth-order valence-electron chi connectivity index (χ4n) is 1.56. The molecule has 0 unspecified atom stereocenters. The molecule has 0 aliphatic rings. The van der Waals surface area contributed by atoms with Crippen LogP contribution < -0.4 is 0 Å². The number of carbonyl (C=O) groups is 1. The predicted molar refractivity (Wildman–Crippen MR) is 76.8 cm³/mol. The molecule has 5 heteroatoms. The van der Waals surface area contributed by atoms with E-state index in [9.17, 15) is 4.79 Å². The number of ketones is 1. The van der Waals surface area contributed by atoms with Crippen LogP contribution in [0.4, 0.5) is 0 Å². The molecule has 0 radical (unpaired) electrons. The largest absolute Gasteiger partial charge is 0.298 e. The molecule has 2 aromatic rings. The van der Waals surface area contributed by atoms with E-state index in [-0.39, 0.29) is 5.78 Å². The van der Waals surface area contributed by atoms with Crippen molar-refractivity contribution in [2.45, 2.75) is 11.3 Å². The van der Waals surface area contributed by atoms with Crippen molar-refractivity contribution in [3.8, 4) is 0 Å². The number of thioether (sulfide) groups is 1. The number of nitrogens with zero attached hydrogens (tertiary/aromatic N) is 2. The number of aromatic nitrogens is 2. The fourth-order valence-corrected chi connectivity index (χ4v) is 2.93. The van der Waals surface area contributed by atoms with Crippen LogP contribution in [0.25, 0.3) is 0 Å². The average molecular weight is 325 g/mol. The molecule has 0 N–H and O–H groups in total. The monoisotopic (exact) mass is 324 g/mol. The van der Waals surface area contributed by atoms with Gasteiger partial charge in [0.2, 0.25) is 0 Å². The zero-order valence-electron chi connectivity index (χ0n) is 9.97. The summed E-state index contributed by atoms with van der Waals surface area (Å²) in [6.07, 6.45) is 4.07. The van der Waals surface area contributed by atoms with Crippen molar-refractivity contribution in [3.05, 3.63) is 46.7 Å². The Hall–Kier alpha value is -1.07. The van der Waals surface area contributed by atoms with Crippen LogP contribution in [-0.4, -0.2) is 21.3 Å². The maximum atomic E-state index is 11.8. The fraction of sp³-hybridized carbons (Fsp3) is 0.231. The third-order valence-corrected chi connectivity index (χ3v) is 3.90. The number of aryl methyl sites for hydroxylation is 1. The van der Waals surface area contributed by atoms with Gasteiger partial charge < -0.3 is 0 Å². The van der Waals surface area contributed by atoms with Gasteiger partial charge in [-0.25, -0.2) is 0 Å². The molecule has 2 rings (SSSR count). The summed E-state index contributed by atoms with van der Waals surface area (Å²) in [4.78, 5) is 12.9. The molecule has 0 spiro atoms. The van der Waals surface area contributed by atoms with Crippen LogP contribution in [-0.2, 0) is 18.3 Å². The average Bonchev–Trinajstić information content (AvgIpc) is 2.72. The van der Waals surface area contributed by atoms with E-state index in [4.69, 9.17) is 0 Å². The quantitative estimate of drug-likeness (QED) is 0.793. The number of benzene rings is 1. The molecule has 0 saturated carbocycles. The van der Waals surface area contributed by atoms with Crippen LogP contribution in [0, 0.1) is 0 Å². The van der Waals surface area contributed by atoms with Crippen LogP contribution in [0.2, 0.25) is 0 Å². The van der Waals surface area contributed by atoms with Crippen LogP contribution >= 0.6 is 27.7 Å². The summed E-state index contributed by atoms with van der Waals surface area (Å²) in [5.74, 6) is 0.707. The second-order valence-electron chi connectivity index (χ2n) is 3.98. The molecule has 1 heterocycles. The van der Waals surface area contributed by atoms with E-state index in [2.05, 4.69) is 21.0 Å². The van der Waals surface area contributed by atoms with Crippen molar-refractivity contribution in [2.75, 3.05) is 5.75 Å². The number of halogens is 1. The molecule has 18 heavy (non-hydrogen) atoms. The van der Waals surface area contributed by atoms with E-state index in [1.165, 1.54) is 0 Å². The topological polar surface area (TPSA) is 34.9 Å². The molecule has 1 aromatic carbocycles. The molecule has 94 valence electrons. The molecule has 0 aliphatic carbocycles. The van der Waals surface area contributed by atoms with Crippen LogP contribution in [0.1, 0.15) is 5.56 Å². The van der Waals surface area contributed by atoms with E-state index < -0.39 is 0 Å². The van der Waals surface area contributed by atoms with Gasteiger partial charge in [-0.05, 0) is 23.8 Å². The van der Waals surface area contributed by atoms with Crippen molar-refractivity contribution in [1.82, 2.24) is 9.78 Å². The van der Waals surface area contributed by atoms with E-state index >= 15 is 0 Å². The van der Waals surface area contributed by atoms with Gasteiger partial charge in [-0.1, -0.05) is 22.0 Å². The summed E-state index contributed by atoms with van der Waals surface area (Å²) in [5.41, 5.74) is 0.970. The molecule has 3 nitrogen and oxygen atoms in total. The highest BCUT2D eigenvalue weighted by atomic mass is 79.9. The zero-order valence-corrected chi connectivity index (χ0v) is 12.4. The molecule has 0 fully saturated rings. The summed E-state index contributed by atoms with van der Waals surface area (Å²) in [5, 5.41) is 4.05. The standard InChI is InChI=1S/C13H13BrN2OS/c1-16-8-10(7-15-16)5-12(17)9-18-13-4-2-3-11(14)6-13/h2-4,6-8H,5,9H2,1H3. The van der Waals surface area contributed by atoms with Gasteiger partial charge in [0.25, 0.3) is 0 Å². The second kappa shape index (κ2) is 6.20. The van der Waals surface area contributed by atoms with Crippen molar-refractivity contribution in [2.24, 2.45) is 7.05 Å². The number of Topliss-reactive ketones (excluding diaryl/α,β-unsaturated/α-hetero) is 1. The van der Waals surface area contributed by atoms with Crippen molar-refractivity contribution in [1.29, 1.82) is 0 Å². The molecule has 1 aromatic heterocycles. The second-order valence-corrected chi connectivity index (χ2v) is 5.95. The third kappa shape index (κ3) is 3.99. The van der Waals surface area contributed by atoms with Gasteiger partial charge in [-0.3, -0.25) is 9.48 Å². The number of rotatable bonds is 5. The molecule has 0 atom stereocenters. The summed E-state index contributed by atoms with van der Waals surface area (Å²) >= 11 is 4.98. The Balaban J connectivity index is 1.85. The first-order chi connectivity index (χ1) is 8.63. The first-order valence-corrected chi connectivity index (χ1v) is 7.29. The highest BCUT2D eigenvalue weighted by Gasteiger charge is 2.06. The molecule has 0 amide bonds. The summed E-state index contributed by atoms with van der Waals surface area (Å²) < 4.78 is 2.75. The maximum absolute atomic E-state index is 11.8. The normalized spacial score (nSPS) is 10.6. The predicted octanol–water partition coefficient (Wildman–Crippen LogP) is 3.09. The van der Waals surface area contributed by atoms with Crippen molar-refractivity contribution < 1.29 is 4.79 Å². The molecule has 0 saturated heterocycles. The van der Waals surface area contributed by atoms with Crippen LogP contribution in [0.15, 0.2) is 46.0 Å². The Kier molecular flexibility index (Phi) is 4.60. The zero-order chi connectivity index (χ0) is 13.0. The smallest absolute Gasteiger partial charge is 0.147 e. The van der Waals surface area contributed by atoms with Crippen LogP contribution in [0.5, 0.6) is 0 Å². The summed E-state index contributed by atoms with van der Waals surface area (Å²) in [6, 6.07) is 7.97. The van der Waals surface area contributed by atoms with Crippen molar-refractivity contribution >= 4 is 33.5 Å². The van der Waals surface area contributed by atoms with Gasteiger partial charge in [0.05, 0.1) is 11.9 Å². The molecule has 0 aliphatic heterocycles. The van der Waals surface area contributed by atoms with E-state index in [0.29, 0.717) is 12.2 Å². The Bertz CT molecular complexity index is 553. The summed E-state index contributed by atoms with van der Waals surface area (Å²) in [6.45, 7) is 0. The Morgan fingerprint density at radius 3 is 3.00 bits per heavy atom. The number of carbonyl (C=O) groups excluding carboxylic acids is 1. The Labute approximate surface area is 119 Å². The first-order valence-electron chi connectivity index (χ1n) is 5.51. The minimum atomic E-state index is 0.216. The lowest BCUT2D eigenvalue weighted by Gasteiger charge is -2.01. The molecule has 0 bridgehead atoms. The van der Waals surface area contributed by atoms with Gasteiger partial charge in [-0.15, -0.1) is 11.8 Å². The van der Waals surface area contributed by atoms with Gasteiger partial charge in [0.15, 0.2) is 0 Å². The maximum Gasteiger partial charge on any atom is 0.147 e. The Morgan fingerprint density at radius 1 is 1.50 bits per heavy atom. The number of hydrogen-bond donors (Lipinski definition) is 0. The number of hydrogen-bond acceptors (Lipinski definition) is 3. The highest BCUT2D eigenvalue weighted by Crippen LogP contribution is 2.22. The lowest BCUT2D eigenvalue weighted by atomic mass is 10.2. The minimum Gasteiger partial charge on any atom is -0.298 e. The molecular formula is C13H13BrN2OS. The van der Waals surface area contributed by atoms with Crippen LogP contribution in [0.3, 0.4) is 0 Å². The van der Waals surface area contributed by atoms with E-state index in [1.54, 1.807) is 22.6 Å². The van der Waals surface area contributed by atoms with Gasteiger partial charge in [-0.2, -0.15) is 5.10 Å².